The summed E-state index contributed by atoms with van der Waals surface area (Å²) in [6, 6.07) is 6.04. The number of aryl methyl sites for hydroxylation is 1. The SMILES string of the molecule is COc1c(C(CC(C)C)OC)ccc(Oc2c(O)cc(C)cc2OC(C)=O)c1C(=O)O. The van der Waals surface area contributed by atoms with Crippen LogP contribution in [0.2, 0.25) is 0 Å². The van der Waals surface area contributed by atoms with Crippen molar-refractivity contribution in [2.75, 3.05) is 14.2 Å². The number of phenols is 1. The molecule has 168 valence electrons. The Labute approximate surface area is 181 Å². The first kappa shape index (κ1) is 24.0. The van der Waals surface area contributed by atoms with Gasteiger partial charge in [0, 0.05) is 19.6 Å². The molecule has 1 atom stereocenters. The summed E-state index contributed by atoms with van der Waals surface area (Å²) in [6.07, 6.45) is 0.271. The summed E-state index contributed by atoms with van der Waals surface area (Å²) in [5.41, 5.74) is 0.959. The average molecular weight is 432 g/mol. The number of ether oxygens (including phenoxy) is 4. The Morgan fingerprint density at radius 2 is 1.74 bits per heavy atom. The number of esters is 1. The minimum Gasteiger partial charge on any atom is -0.504 e. The minimum absolute atomic E-state index is 0.0287. The number of hydrogen-bond donors (Lipinski definition) is 2. The number of rotatable bonds is 9. The molecule has 0 aliphatic rings. The highest BCUT2D eigenvalue weighted by molar-refractivity contribution is 5.95. The van der Waals surface area contributed by atoms with Crippen LogP contribution in [0.3, 0.4) is 0 Å². The number of aromatic carboxylic acids is 1. The van der Waals surface area contributed by atoms with E-state index in [0.29, 0.717) is 23.5 Å². The second-order valence-electron chi connectivity index (χ2n) is 7.53. The van der Waals surface area contributed by atoms with Crippen LogP contribution >= 0.6 is 0 Å². The number of aromatic hydroxyl groups is 1. The van der Waals surface area contributed by atoms with E-state index in [4.69, 9.17) is 18.9 Å². The summed E-state index contributed by atoms with van der Waals surface area (Å²) in [5, 5.41) is 20.3. The first-order valence-electron chi connectivity index (χ1n) is 9.75. The van der Waals surface area contributed by atoms with Crippen LogP contribution in [0.4, 0.5) is 0 Å². The number of hydrogen-bond acceptors (Lipinski definition) is 7. The summed E-state index contributed by atoms with van der Waals surface area (Å²) in [4.78, 5) is 23.6. The highest BCUT2D eigenvalue weighted by atomic mass is 16.6. The van der Waals surface area contributed by atoms with Gasteiger partial charge in [0.1, 0.15) is 17.1 Å². The summed E-state index contributed by atoms with van der Waals surface area (Å²) >= 11 is 0. The second kappa shape index (κ2) is 10.2. The molecule has 0 saturated carbocycles. The highest BCUT2D eigenvalue weighted by Gasteiger charge is 2.27. The predicted octanol–water partition coefficient (Wildman–Crippen LogP) is 4.86. The van der Waals surface area contributed by atoms with E-state index in [2.05, 4.69) is 0 Å². The van der Waals surface area contributed by atoms with Gasteiger partial charge >= 0.3 is 11.9 Å². The molecule has 0 aromatic heterocycles. The van der Waals surface area contributed by atoms with Crippen LogP contribution in [0.1, 0.15) is 54.8 Å². The molecule has 2 N–H and O–H groups in total. The van der Waals surface area contributed by atoms with Gasteiger partial charge < -0.3 is 29.2 Å². The van der Waals surface area contributed by atoms with E-state index < -0.39 is 11.9 Å². The Bertz CT molecular complexity index is 965. The molecule has 0 fully saturated rings. The minimum atomic E-state index is -1.28. The monoisotopic (exact) mass is 432 g/mol. The quantitative estimate of drug-likeness (QED) is 0.427. The molecule has 8 nitrogen and oxygen atoms in total. The van der Waals surface area contributed by atoms with Gasteiger partial charge in [0.2, 0.25) is 5.75 Å². The molecule has 0 heterocycles. The van der Waals surface area contributed by atoms with E-state index >= 15 is 0 Å². The fourth-order valence-electron chi connectivity index (χ4n) is 3.28. The summed E-state index contributed by atoms with van der Waals surface area (Å²) < 4.78 is 21.9. The van der Waals surface area contributed by atoms with Gasteiger partial charge in [-0.2, -0.15) is 0 Å². The Hall–Kier alpha value is -3.26. The molecule has 0 aliphatic carbocycles. The van der Waals surface area contributed by atoms with Gasteiger partial charge in [0.25, 0.3) is 0 Å². The van der Waals surface area contributed by atoms with Gasteiger partial charge in [-0.25, -0.2) is 4.79 Å². The third-order valence-electron chi connectivity index (χ3n) is 4.53. The second-order valence-corrected chi connectivity index (χ2v) is 7.53. The van der Waals surface area contributed by atoms with Crippen LogP contribution in [0.15, 0.2) is 24.3 Å². The van der Waals surface area contributed by atoms with Crippen molar-refractivity contribution in [3.8, 4) is 28.7 Å². The summed E-state index contributed by atoms with van der Waals surface area (Å²) in [5.74, 6) is -2.09. The Morgan fingerprint density at radius 1 is 1.06 bits per heavy atom. The molecule has 2 aromatic rings. The number of carbonyl (C=O) groups excluding carboxylic acids is 1. The van der Waals surface area contributed by atoms with Crippen molar-refractivity contribution in [2.24, 2.45) is 5.92 Å². The van der Waals surface area contributed by atoms with Gasteiger partial charge in [0.15, 0.2) is 11.5 Å². The van der Waals surface area contributed by atoms with Crippen molar-refractivity contribution in [2.45, 2.75) is 40.2 Å². The zero-order chi connectivity index (χ0) is 23.3. The first-order valence-corrected chi connectivity index (χ1v) is 9.75. The van der Waals surface area contributed by atoms with E-state index in [1.807, 2.05) is 13.8 Å². The van der Waals surface area contributed by atoms with Crippen molar-refractivity contribution in [3.63, 3.8) is 0 Å². The number of carbonyl (C=O) groups is 2. The Kier molecular flexibility index (Phi) is 7.88. The lowest BCUT2D eigenvalue weighted by Crippen LogP contribution is -2.12. The molecule has 1 unspecified atom stereocenters. The van der Waals surface area contributed by atoms with E-state index in [-0.39, 0.29) is 40.4 Å². The zero-order valence-corrected chi connectivity index (χ0v) is 18.5. The number of benzene rings is 2. The lowest BCUT2D eigenvalue weighted by atomic mass is 9.96. The molecule has 2 aromatic carbocycles. The van der Waals surface area contributed by atoms with Crippen molar-refractivity contribution in [3.05, 3.63) is 41.0 Å². The van der Waals surface area contributed by atoms with Crippen molar-refractivity contribution in [1.82, 2.24) is 0 Å². The van der Waals surface area contributed by atoms with Crippen LogP contribution in [-0.2, 0) is 9.53 Å². The molecule has 2 rings (SSSR count). The van der Waals surface area contributed by atoms with Gasteiger partial charge in [-0.05, 0) is 49.1 Å². The molecule has 0 radical (unpaired) electrons. The maximum Gasteiger partial charge on any atom is 0.343 e. The molecule has 8 heteroatoms. The third kappa shape index (κ3) is 5.67. The molecule has 0 saturated heterocycles. The summed E-state index contributed by atoms with van der Waals surface area (Å²) in [6.45, 7) is 6.98. The maximum absolute atomic E-state index is 12.1. The number of carboxylic acids is 1. The lowest BCUT2D eigenvalue weighted by molar-refractivity contribution is -0.132. The van der Waals surface area contributed by atoms with Crippen LogP contribution in [0.5, 0.6) is 28.7 Å². The fraction of sp³-hybridized carbons (Fsp3) is 0.391. The molecule has 31 heavy (non-hydrogen) atoms. The van der Waals surface area contributed by atoms with Gasteiger partial charge in [-0.1, -0.05) is 13.8 Å². The smallest absolute Gasteiger partial charge is 0.343 e. The van der Waals surface area contributed by atoms with Crippen LogP contribution < -0.4 is 14.2 Å². The van der Waals surface area contributed by atoms with Crippen LogP contribution in [0, 0.1) is 12.8 Å². The van der Waals surface area contributed by atoms with Crippen LogP contribution in [-0.4, -0.2) is 36.4 Å². The fourth-order valence-corrected chi connectivity index (χ4v) is 3.28. The molecule has 0 amide bonds. The first-order chi connectivity index (χ1) is 14.6. The summed E-state index contributed by atoms with van der Waals surface area (Å²) in [7, 11) is 2.91. The van der Waals surface area contributed by atoms with E-state index in [0.717, 1.165) is 0 Å². The van der Waals surface area contributed by atoms with Crippen LogP contribution in [0.25, 0.3) is 0 Å². The number of methoxy groups -OCH3 is 2. The normalized spacial score (nSPS) is 11.8. The van der Waals surface area contributed by atoms with Crippen molar-refractivity contribution in [1.29, 1.82) is 0 Å². The predicted molar refractivity (Wildman–Crippen MR) is 113 cm³/mol. The molecule has 0 bridgehead atoms. The number of carboxylic acid groups (broad SMARTS) is 1. The highest BCUT2D eigenvalue weighted by Crippen LogP contribution is 2.45. The topological polar surface area (TPSA) is 112 Å². The van der Waals surface area contributed by atoms with Crippen molar-refractivity contribution < 1.29 is 38.7 Å². The van der Waals surface area contributed by atoms with E-state index in [9.17, 15) is 19.8 Å². The molecular weight excluding hydrogens is 404 g/mol. The van der Waals surface area contributed by atoms with Gasteiger partial charge in [-0.3, -0.25) is 4.79 Å². The molecule has 0 spiro atoms. The maximum atomic E-state index is 12.1. The standard InChI is InChI=1S/C23H28O8/c1-12(2)9-18(28-5)15-7-8-17(20(23(26)27)21(15)29-6)31-22-16(25)10-13(3)11-19(22)30-14(4)24/h7-8,10-12,18,25H,9H2,1-6H3,(H,26,27). The zero-order valence-electron chi connectivity index (χ0n) is 18.5. The largest absolute Gasteiger partial charge is 0.504 e. The van der Waals surface area contributed by atoms with E-state index in [1.54, 1.807) is 20.1 Å². The lowest BCUT2D eigenvalue weighted by Gasteiger charge is -2.23. The average Bonchev–Trinajstić information content (AvgIpc) is 2.67. The number of phenolic OH excluding ortho intramolecular Hbond substituents is 1. The van der Waals surface area contributed by atoms with Gasteiger partial charge in [0.05, 0.1) is 13.2 Å². The molecular formula is C23H28O8. The molecule has 0 aliphatic heterocycles. The third-order valence-corrected chi connectivity index (χ3v) is 4.53. The van der Waals surface area contributed by atoms with E-state index in [1.165, 1.54) is 32.2 Å². The Balaban J connectivity index is 2.64. The van der Waals surface area contributed by atoms with Gasteiger partial charge in [-0.15, -0.1) is 0 Å². The van der Waals surface area contributed by atoms with Crippen molar-refractivity contribution >= 4 is 11.9 Å². The Morgan fingerprint density at radius 3 is 2.26 bits per heavy atom.